The first kappa shape index (κ1) is 13.4. The first-order valence-electron chi connectivity index (χ1n) is 7.39. The van der Waals surface area contributed by atoms with Crippen molar-refractivity contribution in [2.45, 2.75) is 58.9 Å². The minimum Gasteiger partial charge on any atom is -0.381 e. The lowest BCUT2D eigenvalue weighted by Crippen LogP contribution is -2.49. The molecular weight excluding hydrogens is 210 g/mol. The zero-order valence-electron chi connectivity index (χ0n) is 11.9. The van der Waals surface area contributed by atoms with Crippen LogP contribution in [0.4, 0.5) is 0 Å². The Morgan fingerprint density at radius 1 is 1.06 bits per heavy atom. The lowest BCUT2D eigenvalue weighted by atomic mass is 9.80. The number of hydrogen-bond acceptors (Lipinski definition) is 2. The maximum absolute atomic E-state index is 5.46. The highest BCUT2D eigenvalue weighted by Gasteiger charge is 2.33. The van der Waals surface area contributed by atoms with E-state index in [1.54, 1.807) is 0 Å². The van der Waals surface area contributed by atoms with Crippen LogP contribution in [0.25, 0.3) is 0 Å². The smallest absolute Gasteiger partial charge is 0.0469 e. The minimum absolute atomic E-state index is 0.436. The molecule has 0 radical (unpaired) electrons. The Morgan fingerprint density at radius 2 is 1.76 bits per heavy atom. The molecule has 0 aliphatic carbocycles. The van der Waals surface area contributed by atoms with Crippen molar-refractivity contribution in [2.75, 3.05) is 26.3 Å². The molecule has 1 unspecified atom stereocenters. The van der Waals surface area contributed by atoms with Crippen LogP contribution in [0, 0.1) is 11.3 Å². The van der Waals surface area contributed by atoms with Crippen molar-refractivity contribution in [1.82, 2.24) is 4.90 Å². The molecule has 2 fully saturated rings. The summed E-state index contributed by atoms with van der Waals surface area (Å²) in [5, 5.41) is 0. The van der Waals surface area contributed by atoms with Gasteiger partial charge in [-0.05, 0) is 43.6 Å². The maximum Gasteiger partial charge on any atom is 0.0469 e. The summed E-state index contributed by atoms with van der Waals surface area (Å²) in [4.78, 5) is 2.78. The van der Waals surface area contributed by atoms with Gasteiger partial charge in [0.2, 0.25) is 0 Å². The summed E-state index contributed by atoms with van der Waals surface area (Å²) in [5.74, 6) is 0.881. The van der Waals surface area contributed by atoms with E-state index < -0.39 is 0 Å². The highest BCUT2D eigenvalue weighted by Crippen LogP contribution is 2.33. The van der Waals surface area contributed by atoms with Gasteiger partial charge in [0.15, 0.2) is 0 Å². The Balaban J connectivity index is 1.91. The second-order valence-corrected chi connectivity index (χ2v) is 6.93. The largest absolute Gasteiger partial charge is 0.381 e. The molecule has 1 atom stereocenters. The van der Waals surface area contributed by atoms with Crippen molar-refractivity contribution in [3.05, 3.63) is 0 Å². The topological polar surface area (TPSA) is 12.5 Å². The highest BCUT2D eigenvalue weighted by molar-refractivity contribution is 4.87. The Bertz CT molecular complexity index is 228. The molecule has 0 aromatic carbocycles. The molecule has 0 aromatic heterocycles. The molecule has 0 saturated carbocycles. The number of ether oxygens (including phenoxy) is 1. The van der Waals surface area contributed by atoms with Gasteiger partial charge in [0, 0.05) is 25.8 Å². The van der Waals surface area contributed by atoms with Crippen LogP contribution in [0.3, 0.4) is 0 Å². The Labute approximate surface area is 107 Å². The monoisotopic (exact) mass is 239 g/mol. The first-order valence-corrected chi connectivity index (χ1v) is 7.39. The molecule has 2 rings (SSSR count). The van der Waals surface area contributed by atoms with Crippen molar-refractivity contribution >= 4 is 0 Å². The lowest BCUT2D eigenvalue weighted by Gasteiger charge is -2.45. The zero-order valence-corrected chi connectivity index (χ0v) is 11.9. The summed E-state index contributed by atoms with van der Waals surface area (Å²) < 4.78 is 5.46. The second kappa shape index (κ2) is 5.71. The predicted octanol–water partition coefficient (Wildman–Crippen LogP) is 3.31. The van der Waals surface area contributed by atoms with E-state index in [1.165, 1.54) is 45.2 Å². The van der Waals surface area contributed by atoms with E-state index in [0.29, 0.717) is 5.41 Å². The third-order valence-electron chi connectivity index (χ3n) is 4.45. The number of hydrogen-bond donors (Lipinski definition) is 0. The molecule has 2 nitrogen and oxygen atoms in total. The van der Waals surface area contributed by atoms with Crippen molar-refractivity contribution in [2.24, 2.45) is 11.3 Å². The molecule has 0 amide bonds. The van der Waals surface area contributed by atoms with Gasteiger partial charge in [-0.15, -0.1) is 0 Å². The van der Waals surface area contributed by atoms with Crippen molar-refractivity contribution < 1.29 is 4.74 Å². The van der Waals surface area contributed by atoms with E-state index >= 15 is 0 Å². The van der Waals surface area contributed by atoms with E-state index in [1.807, 2.05) is 0 Å². The molecule has 100 valence electrons. The van der Waals surface area contributed by atoms with Crippen molar-refractivity contribution in [3.63, 3.8) is 0 Å². The summed E-state index contributed by atoms with van der Waals surface area (Å²) in [6.45, 7) is 11.8. The zero-order chi connectivity index (χ0) is 12.3. The van der Waals surface area contributed by atoms with Gasteiger partial charge in [0.05, 0.1) is 0 Å². The molecule has 2 heteroatoms. The molecule has 0 N–H and O–H groups in total. The Kier molecular flexibility index (Phi) is 4.48. The van der Waals surface area contributed by atoms with E-state index in [0.717, 1.165) is 25.2 Å². The number of likely N-dealkylation sites (tertiary alicyclic amines) is 1. The molecule has 0 spiro atoms. The van der Waals surface area contributed by atoms with Crippen LogP contribution >= 0.6 is 0 Å². The van der Waals surface area contributed by atoms with Gasteiger partial charge >= 0.3 is 0 Å². The van der Waals surface area contributed by atoms with Crippen LogP contribution in [0.2, 0.25) is 0 Å². The summed E-state index contributed by atoms with van der Waals surface area (Å²) in [5.41, 5.74) is 0.436. The molecular formula is C15H29NO. The maximum atomic E-state index is 5.46. The fraction of sp³-hybridized carbons (Fsp3) is 1.00. The van der Waals surface area contributed by atoms with E-state index in [4.69, 9.17) is 4.74 Å². The van der Waals surface area contributed by atoms with Gasteiger partial charge in [-0.25, -0.2) is 0 Å². The SMILES string of the molecule is CC(C)(C)C1CCCCN1CC1CCOCC1. The predicted molar refractivity (Wildman–Crippen MR) is 72.2 cm³/mol. The molecule has 2 saturated heterocycles. The van der Waals surface area contributed by atoms with Crippen LogP contribution in [0.1, 0.15) is 52.9 Å². The molecule has 2 aliphatic heterocycles. The quantitative estimate of drug-likeness (QED) is 0.733. The van der Waals surface area contributed by atoms with E-state index in [-0.39, 0.29) is 0 Å². The number of piperidine rings is 1. The number of rotatable bonds is 2. The van der Waals surface area contributed by atoms with Crippen molar-refractivity contribution in [3.8, 4) is 0 Å². The third-order valence-corrected chi connectivity index (χ3v) is 4.45. The Hall–Kier alpha value is -0.0800. The van der Waals surface area contributed by atoms with Gasteiger partial charge in [-0.2, -0.15) is 0 Å². The van der Waals surface area contributed by atoms with Crippen LogP contribution in [0.5, 0.6) is 0 Å². The van der Waals surface area contributed by atoms with Gasteiger partial charge in [0.1, 0.15) is 0 Å². The minimum atomic E-state index is 0.436. The molecule has 2 aliphatic rings. The third kappa shape index (κ3) is 3.69. The summed E-state index contributed by atoms with van der Waals surface area (Å²) in [6.07, 6.45) is 6.76. The van der Waals surface area contributed by atoms with E-state index in [9.17, 15) is 0 Å². The van der Waals surface area contributed by atoms with Gasteiger partial charge in [0.25, 0.3) is 0 Å². The summed E-state index contributed by atoms with van der Waals surface area (Å²) in [6, 6.07) is 0.791. The fourth-order valence-electron chi connectivity index (χ4n) is 3.45. The van der Waals surface area contributed by atoms with Crippen LogP contribution < -0.4 is 0 Å². The van der Waals surface area contributed by atoms with Crippen LogP contribution in [-0.2, 0) is 4.74 Å². The molecule has 0 bridgehead atoms. The lowest BCUT2D eigenvalue weighted by molar-refractivity contribution is 0.0145. The van der Waals surface area contributed by atoms with Crippen LogP contribution in [0.15, 0.2) is 0 Å². The normalized spacial score (nSPS) is 29.5. The summed E-state index contributed by atoms with van der Waals surface area (Å²) >= 11 is 0. The van der Waals surface area contributed by atoms with Crippen LogP contribution in [-0.4, -0.2) is 37.2 Å². The van der Waals surface area contributed by atoms with E-state index in [2.05, 4.69) is 25.7 Å². The van der Waals surface area contributed by atoms with Crippen molar-refractivity contribution in [1.29, 1.82) is 0 Å². The van der Waals surface area contributed by atoms with Gasteiger partial charge in [-0.1, -0.05) is 27.2 Å². The molecule has 2 heterocycles. The fourth-order valence-corrected chi connectivity index (χ4v) is 3.45. The summed E-state index contributed by atoms with van der Waals surface area (Å²) in [7, 11) is 0. The highest BCUT2D eigenvalue weighted by atomic mass is 16.5. The molecule has 17 heavy (non-hydrogen) atoms. The number of nitrogens with zero attached hydrogens (tertiary/aromatic N) is 1. The second-order valence-electron chi connectivity index (χ2n) is 6.93. The average molecular weight is 239 g/mol. The standard InChI is InChI=1S/C15H29NO/c1-15(2,3)14-6-4-5-9-16(14)12-13-7-10-17-11-8-13/h13-14H,4-12H2,1-3H3. The first-order chi connectivity index (χ1) is 8.07. The van der Waals surface area contributed by atoms with Gasteiger partial charge < -0.3 is 4.74 Å². The Morgan fingerprint density at radius 3 is 2.41 bits per heavy atom. The molecule has 0 aromatic rings. The average Bonchev–Trinajstić information content (AvgIpc) is 2.30. The van der Waals surface area contributed by atoms with Gasteiger partial charge in [-0.3, -0.25) is 4.90 Å².